The van der Waals surface area contributed by atoms with Crippen LogP contribution >= 0.6 is 12.4 Å². The Morgan fingerprint density at radius 1 is 1.23 bits per heavy atom. The number of nitrogens with zero attached hydrogens (tertiary/aromatic N) is 1. The summed E-state index contributed by atoms with van der Waals surface area (Å²) in [6, 6.07) is 7.72. The van der Waals surface area contributed by atoms with Gasteiger partial charge in [0.1, 0.15) is 12.1 Å². The van der Waals surface area contributed by atoms with Crippen molar-refractivity contribution in [1.82, 2.24) is 10.2 Å². The van der Waals surface area contributed by atoms with Crippen molar-refractivity contribution >= 4 is 24.2 Å². The van der Waals surface area contributed by atoms with Gasteiger partial charge in [-0.2, -0.15) is 0 Å². The van der Waals surface area contributed by atoms with E-state index in [1.807, 2.05) is 18.2 Å². The molecule has 1 aromatic carbocycles. The fourth-order valence-electron chi connectivity index (χ4n) is 2.23. The summed E-state index contributed by atoms with van der Waals surface area (Å²) in [5.74, 6) is -0.456. The van der Waals surface area contributed by atoms with Gasteiger partial charge < -0.3 is 20.7 Å². The number of morpholine rings is 1. The zero-order valence-electron chi connectivity index (χ0n) is 12.5. The van der Waals surface area contributed by atoms with E-state index >= 15 is 0 Å². The number of benzene rings is 1. The van der Waals surface area contributed by atoms with Crippen LogP contribution in [0.3, 0.4) is 0 Å². The predicted molar refractivity (Wildman–Crippen MR) is 85.6 cm³/mol. The molecule has 0 aromatic heterocycles. The van der Waals surface area contributed by atoms with Gasteiger partial charge in [0.2, 0.25) is 11.8 Å². The number of ether oxygens (including phenoxy) is 1. The summed E-state index contributed by atoms with van der Waals surface area (Å²) in [6.45, 7) is 3.87. The van der Waals surface area contributed by atoms with E-state index in [4.69, 9.17) is 10.5 Å². The molecular formula is C15H22ClN3O3. The van der Waals surface area contributed by atoms with Crippen molar-refractivity contribution in [3.63, 3.8) is 0 Å². The number of nitrogens with two attached hydrogens (primary N) is 1. The number of nitrogens with one attached hydrogen (secondary N) is 1. The zero-order valence-corrected chi connectivity index (χ0v) is 13.3. The zero-order chi connectivity index (χ0) is 15.2. The first-order valence-electron chi connectivity index (χ1n) is 7.07. The van der Waals surface area contributed by atoms with Crippen LogP contribution in [0.2, 0.25) is 0 Å². The van der Waals surface area contributed by atoms with Crippen molar-refractivity contribution in [2.45, 2.75) is 19.0 Å². The summed E-state index contributed by atoms with van der Waals surface area (Å²) in [6.07, 6.45) is 0. The average molecular weight is 328 g/mol. The standard InChI is InChI=1S/C15H21N3O3.ClH/c1-11(15(20)18-7-9-21-10-8-18)17-14(19)13(16)12-5-3-2-4-6-12;/h2-6,11,13H,7-10,16H2,1H3,(H,17,19);1H. The third kappa shape index (κ3) is 4.69. The van der Waals surface area contributed by atoms with Crippen LogP contribution < -0.4 is 11.1 Å². The topological polar surface area (TPSA) is 84.7 Å². The lowest BCUT2D eigenvalue weighted by Crippen LogP contribution is -2.51. The van der Waals surface area contributed by atoms with Crippen LogP contribution in [-0.4, -0.2) is 49.1 Å². The molecule has 2 unspecified atom stereocenters. The number of hydrogen-bond donors (Lipinski definition) is 2. The highest BCUT2D eigenvalue weighted by Crippen LogP contribution is 2.10. The van der Waals surface area contributed by atoms with Crippen molar-refractivity contribution in [1.29, 1.82) is 0 Å². The number of carbonyl (C=O) groups is 2. The first-order valence-corrected chi connectivity index (χ1v) is 7.07. The van der Waals surface area contributed by atoms with Gasteiger partial charge in [-0.15, -0.1) is 12.4 Å². The quantitative estimate of drug-likeness (QED) is 0.842. The minimum atomic E-state index is -0.772. The van der Waals surface area contributed by atoms with E-state index in [1.54, 1.807) is 24.0 Å². The van der Waals surface area contributed by atoms with Crippen LogP contribution in [-0.2, 0) is 14.3 Å². The lowest BCUT2D eigenvalue weighted by molar-refractivity contribution is -0.139. The van der Waals surface area contributed by atoms with Gasteiger partial charge in [-0.25, -0.2) is 0 Å². The van der Waals surface area contributed by atoms with Crippen molar-refractivity contribution in [2.75, 3.05) is 26.3 Å². The van der Waals surface area contributed by atoms with Gasteiger partial charge in [0, 0.05) is 13.1 Å². The molecule has 2 amide bonds. The molecule has 1 aliphatic heterocycles. The van der Waals surface area contributed by atoms with E-state index in [9.17, 15) is 9.59 Å². The minimum absolute atomic E-state index is 0. The van der Waals surface area contributed by atoms with E-state index in [0.717, 1.165) is 5.56 Å². The molecule has 1 saturated heterocycles. The van der Waals surface area contributed by atoms with Gasteiger partial charge in [0.15, 0.2) is 0 Å². The summed E-state index contributed by atoms with van der Waals surface area (Å²) < 4.78 is 5.21. The molecule has 0 aliphatic carbocycles. The van der Waals surface area contributed by atoms with Crippen LogP contribution in [0, 0.1) is 0 Å². The fraction of sp³-hybridized carbons (Fsp3) is 0.467. The second-order valence-electron chi connectivity index (χ2n) is 5.06. The van der Waals surface area contributed by atoms with Crippen molar-refractivity contribution in [2.24, 2.45) is 5.73 Å². The van der Waals surface area contributed by atoms with Gasteiger partial charge in [0.05, 0.1) is 13.2 Å². The maximum absolute atomic E-state index is 12.2. The minimum Gasteiger partial charge on any atom is -0.378 e. The largest absolute Gasteiger partial charge is 0.378 e. The van der Waals surface area contributed by atoms with Gasteiger partial charge in [-0.3, -0.25) is 9.59 Å². The fourth-order valence-corrected chi connectivity index (χ4v) is 2.23. The van der Waals surface area contributed by atoms with Crippen LogP contribution in [0.1, 0.15) is 18.5 Å². The van der Waals surface area contributed by atoms with Crippen molar-refractivity contribution in [3.8, 4) is 0 Å². The molecular weight excluding hydrogens is 306 g/mol. The number of halogens is 1. The molecule has 22 heavy (non-hydrogen) atoms. The van der Waals surface area contributed by atoms with E-state index in [-0.39, 0.29) is 24.2 Å². The smallest absolute Gasteiger partial charge is 0.245 e. The molecule has 1 aliphatic rings. The second kappa shape index (κ2) is 8.73. The van der Waals surface area contributed by atoms with Gasteiger partial charge in [-0.1, -0.05) is 30.3 Å². The lowest BCUT2D eigenvalue weighted by Gasteiger charge is -2.29. The van der Waals surface area contributed by atoms with Crippen LogP contribution in [0.25, 0.3) is 0 Å². The van der Waals surface area contributed by atoms with Gasteiger partial charge in [-0.05, 0) is 12.5 Å². The van der Waals surface area contributed by atoms with Crippen molar-refractivity contribution < 1.29 is 14.3 Å². The highest BCUT2D eigenvalue weighted by molar-refractivity contribution is 5.90. The van der Waals surface area contributed by atoms with Gasteiger partial charge in [0.25, 0.3) is 0 Å². The molecule has 2 atom stereocenters. The van der Waals surface area contributed by atoms with E-state index in [2.05, 4.69) is 5.32 Å². The first-order chi connectivity index (χ1) is 10.1. The summed E-state index contributed by atoms with van der Waals surface area (Å²) in [5.41, 5.74) is 6.63. The summed E-state index contributed by atoms with van der Waals surface area (Å²) in [7, 11) is 0. The molecule has 0 saturated carbocycles. The molecule has 0 bridgehead atoms. The Bertz CT molecular complexity index is 492. The Morgan fingerprint density at radius 2 is 1.82 bits per heavy atom. The Morgan fingerprint density at radius 3 is 2.41 bits per heavy atom. The third-order valence-electron chi connectivity index (χ3n) is 3.49. The van der Waals surface area contributed by atoms with Crippen LogP contribution in [0.4, 0.5) is 0 Å². The molecule has 3 N–H and O–H groups in total. The summed E-state index contributed by atoms with van der Waals surface area (Å²) >= 11 is 0. The summed E-state index contributed by atoms with van der Waals surface area (Å²) in [5, 5.41) is 2.68. The molecule has 122 valence electrons. The molecule has 0 radical (unpaired) electrons. The molecule has 1 fully saturated rings. The van der Waals surface area contributed by atoms with Crippen LogP contribution in [0.5, 0.6) is 0 Å². The normalized spacial score (nSPS) is 17.1. The Hall–Kier alpha value is -1.63. The number of carbonyl (C=O) groups excluding carboxylic acids is 2. The average Bonchev–Trinajstić information content (AvgIpc) is 2.55. The van der Waals surface area contributed by atoms with E-state index in [0.29, 0.717) is 26.3 Å². The maximum Gasteiger partial charge on any atom is 0.245 e. The molecule has 6 nitrogen and oxygen atoms in total. The SMILES string of the molecule is CC(NC(=O)C(N)c1ccccc1)C(=O)N1CCOCC1.Cl. The Balaban J connectivity index is 0.00000242. The first kappa shape index (κ1) is 18.4. The molecule has 0 spiro atoms. The van der Waals surface area contributed by atoms with Crippen LogP contribution in [0.15, 0.2) is 30.3 Å². The number of amides is 2. The molecule has 2 rings (SSSR count). The highest BCUT2D eigenvalue weighted by atomic mass is 35.5. The maximum atomic E-state index is 12.2. The van der Waals surface area contributed by atoms with E-state index < -0.39 is 12.1 Å². The predicted octanol–water partition coefficient (Wildman–Crippen LogP) is 0.472. The van der Waals surface area contributed by atoms with E-state index in [1.165, 1.54) is 0 Å². The molecule has 1 heterocycles. The highest BCUT2D eigenvalue weighted by Gasteiger charge is 2.25. The molecule has 1 aromatic rings. The lowest BCUT2D eigenvalue weighted by atomic mass is 10.1. The Labute approximate surface area is 136 Å². The van der Waals surface area contributed by atoms with Gasteiger partial charge >= 0.3 is 0 Å². The monoisotopic (exact) mass is 327 g/mol. The second-order valence-corrected chi connectivity index (χ2v) is 5.06. The van der Waals surface area contributed by atoms with Crippen molar-refractivity contribution in [3.05, 3.63) is 35.9 Å². The third-order valence-corrected chi connectivity index (χ3v) is 3.49. The Kier molecular flexibility index (Phi) is 7.31. The summed E-state index contributed by atoms with van der Waals surface area (Å²) in [4.78, 5) is 26.0. The molecule has 7 heteroatoms. The number of hydrogen-bond acceptors (Lipinski definition) is 4. The number of rotatable bonds is 4.